The molecule has 0 spiro atoms. The average Bonchev–Trinajstić information content (AvgIpc) is 3.12. The number of pyridine rings is 1. The number of ether oxygens (including phenoxy) is 2. The van der Waals surface area contributed by atoms with Gasteiger partial charge in [-0.3, -0.25) is 14.7 Å². The normalized spacial score (nSPS) is 19.4. The molecule has 7 heteroatoms. The van der Waals surface area contributed by atoms with Crippen LogP contribution in [0.4, 0.5) is 0 Å². The molecule has 1 aliphatic rings. The summed E-state index contributed by atoms with van der Waals surface area (Å²) in [6.07, 6.45) is 2.44. The molecule has 6 rings (SSSR count). The first-order chi connectivity index (χ1) is 23.0. The Morgan fingerprint density at radius 2 is 1.55 bits per heavy atom. The van der Waals surface area contributed by atoms with Gasteiger partial charge in [0.1, 0.15) is 0 Å². The SMILES string of the molecule is C[C@H]1[C@@H](CN(C)Cc2ccccc2)O[C@@H](c2ccc(-c3cccc(CNC(=O)c4cccnc4)c3)cc2)O[C@H]1c1ccc(CO)cc1. The highest BCUT2D eigenvalue weighted by molar-refractivity contribution is 5.93. The molecule has 0 radical (unpaired) electrons. The monoisotopic (exact) mass is 627 g/mol. The van der Waals surface area contributed by atoms with Crippen LogP contribution in [0, 0.1) is 5.92 Å². The quantitative estimate of drug-likeness (QED) is 0.163. The van der Waals surface area contributed by atoms with Crippen LogP contribution >= 0.6 is 0 Å². The highest BCUT2D eigenvalue weighted by Crippen LogP contribution is 2.42. The number of carbonyl (C=O) groups excluding carboxylic acids is 1. The maximum atomic E-state index is 12.5. The summed E-state index contributed by atoms with van der Waals surface area (Å²) in [6.45, 7) is 4.20. The van der Waals surface area contributed by atoms with Crippen molar-refractivity contribution in [3.05, 3.63) is 161 Å². The van der Waals surface area contributed by atoms with Gasteiger partial charge in [-0.25, -0.2) is 0 Å². The second-order valence-corrected chi connectivity index (χ2v) is 12.3. The number of nitrogens with zero attached hydrogens (tertiary/aromatic N) is 2. The number of aromatic nitrogens is 1. The summed E-state index contributed by atoms with van der Waals surface area (Å²) in [5.74, 6) is -0.0491. The second-order valence-electron chi connectivity index (χ2n) is 12.3. The lowest BCUT2D eigenvalue weighted by Crippen LogP contribution is -2.43. The van der Waals surface area contributed by atoms with Crippen molar-refractivity contribution in [3.63, 3.8) is 0 Å². The van der Waals surface area contributed by atoms with E-state index in [2.05, 4.69) is 102 Å². The minimum absolute atomic E-state index is 0.00922. The second kappa shape index (κ2) is 15.3. The molecule has 4 aromatic carbocycles. The van der Waals surface area contributed by atoms with Crippen LogP contribution in [0.2, 0.25) is 0 Å². The van der Waals surface area contributed by atoms with Crippen molar-refractivity contribution in [1.29, 1.82) is 0 Å². The number of nitrogens with one attached hydrogen (secondary N) is 1. The number of aliphatic hydroxyl groups excluding tert-OH is 1. The van der Waals surface area contributed by atoms with Crippen LogP contribution in [0.3, 0.4) is 0 Å². The third-order valence-electron chi connectivity index (χ3n) is 8.73. The van der Waals surface area contributed by atoms with Gasteiger partial charge in [-0.2, -0.15) is 0 Å². The smallest absolute Gasteiger partial charge is 0.253 e. The molecular weight excluding hydrogens is 586 g/mol. The number of likely N-dealkylation sites (N-methyl/N-ethyl adjacent to an activating group) is 1. The van der Waals surface area contributed by atoms with Gasteiger partial charge in [0.2, 0.25) is 0 Å². The first kappa shape index (κ1) is 32.3. The first-order valence-electron chi connectivity index (χ1n) is 16.1. The molecule has 47 heavy (non-hydrogen) atoms. The predicted molar refractivity (Wildman–Crippen MR) is 183 cm³/mol. The number of aliphatic hydroxyl groups is 1. The van der Waals surface area contributed by atoms with Gasteiger partial charge in [-0.05, 0) is 58.6 Å². The van der Waals surface area contributed by atoms with Gasteiger partial charge in [0.15, 0.2) is 6.29 Å². The summed E-state index contributed by atoms with van der Waals surface area (Å²) in [7, 11) is 2.13. The van der Waals surface area contributed by atoms with E-state index in [-0.39, 0.29) is 30.6 Å². The topological polar surface area (TPSA) is 83.9 Å². The predicted octanol–water partition coefficient (Wildman–Crippen LogP) is 7.09. The van der Waals surface area contributed by atoms with E-state index in [1.165, 1.54) is 5.56 Å². The maximum absolute atomic E-state index is 12.5. The molecule has 5 aromatic rings. The molecule has 0 saturated carbocycles. The summed E-state index contributed by atoms with van der Waals surface area (Å²) in [4.78, 5) is 18.8. The number of amides is 1. The largest absolute Gasteiger partial charge is 0.392 e. The lowest BCUT2D eigenvalue weighted by molar-refractivity contribution is -0.276. The summed E-state index contributed by atoms with van der Waals surface area (Å²) in [5, 5.41) is 12.6. The summed E-state index contributed by atoms with van der Waals surface area (Å²) >= 11 is 0. The minimum Gasteiger partial charge on any atom is -0.392 e. The van der Waals surface area contributed by atoms with Crippen molar-refractivity contribution < 1.29 is 19.4 Å². The Kier molecular flexibility index (Phi) is 10.5. The molecule has 7 nitrogen and oxygen atoms in total. The van der Waals surface area contributed by atoms with Crippen LogP contribution in [0.25, 0.3) is 11.1 Å². The zero-order valence-corrected chi connectivity index (χ0v) is 26.8. The maximum Gasteiger partial charge on any atom is 0.253 e. The Bertz CT molecular complexity index is 1730. The summed E-state index contributed by atoms with van der Waals surface area (Å²) < 4.78 is 13.4. The molecular formula is C40H41N3O4. The fourth-order valence-electron chi connectivity index (χ4n) is 6.07. The van der Waals surface area contributed by atoms with E-state index < -0.39 is 6.29 Å². The van der Waals surface area contributed by atoms with E-state index >= 15 is 0 Å². The highest BCUT2D eigenvalue weighted by Gasteiger charge is 2.38. The van der Waals surface area contributed by atoms with E-state index in [0.717, 1.165) is 46.5 Å². The van der Waals surface area contributed by atoms with Gasteiger partial charge < -0.3 is 19.9 Å². The molecule has 1 aliphatic heterocycles. The van der Waals surface area contributed by atoms with E-state index in [1.54, 1.807) is 24.5 Å². The molecule has 1 saturated heterocycles. The fourth-order valence-corrected chi connectivity index (χ4v) is 6.07. The van der Waals surface area contributed by atoms with E-state index in [0.29, 0.717) is 12.1 Å². The zero-order valence-electron chi connectivity index (χ0n) is 26.8. The highest BCUT2D eigenvalue weighted by atomic mass is 16.7. The Morgan fingerprint density at radius 3 is 2.28 bits per heavy atom. The lowest BCUT2D eigenvalue weighted by Gasteiger charge is -2.42. The first-order valence-corrected chi connectivity index (χ1v) is 16.1. The van der Waals surface area contributed by atoms with Crippen LogP contribution in [-0.2, 0) is 29.2 Å². The van der Waals surface area contributed by atoms with Crippen molar-refractivity contribution in [2.75, 3.05) is 13.6 Å². The van der Waals surface area contributed by atoms with Gasteiger partial charge in [-0.1, -0.05) is 104 Å². The van der Waals surface area contributed by atoms with Crippen LogP contribution < -0.4 is 5.32 Å². The lowest BCUT2D eigenvalue weighted by atomic mass is 9.90. The number of hydrogen-bond donors (Lipinski definition) is 2. The summed E-state index contributed by atoms with van der Waals surface area (Å²) in [6, 6.07) is 38.5. The molecule has 2 heterocycles. The zero-order chi connectivity index (χ0) is 32.6. The van der Waals surface area contributed by atoms with Crippen LogP contribution in [0.5, 0.6) is 0 Å². The Balaban J connectivity index is 1.18. The molecule has 0 unspecified atom stereocenters. The van der Waals surface area contributed by atoms with Gasteiger partial charge >= 0.3 is 0 Å². The number of rotatable bonds is 11. The summed E-state index contributed by atoms with van der Waals surface area (Å²) in [5.41, 5.74) is 7.83. The van der Waals surface area contributed by atoms with E-state index in [9.17, 15) is 9.90 Å². The van der Waals surface area contributed by atoms with Crippen molar-refractivity contribution in [1.82, 2.24) is 15.2 Å². The molecule has 2 N–H and O–H groups in total. The standard InChI is InChI=1S/C40H41N3O4/c1-28-37(26-43(2)25-29-8-4-3-5-9-29)46-40(47-38(28)33-15-13-30(27-44)14-16-33)34-19-17-32(18-20-34)35-11-6-10-31(22-35)23-42-39(45)36-12-7-21-41-24-36/h3-22,24,28,37-38,40,44H,23,25-27H2,1-2H3,(H,42,45)/t28-,37+,38+,40+/m0/s1. The molecule has 0 bridgehead atoms. The van der Waals surface area contributed by atoms with Gasteiger partial charge in [0.25, 0.3) is 5.91 Å². The number of carbonyl (C=O) groups is 1. The van der Waals surface area contributed by atoms with Crippen molar-refractivity contribution in [2.45, 2.75) is 45.1 Å². The van der Waals surface area contributed by atoms with Crippen molar-refractivity contribution >= 4 is 5.91 Å². The average molecular weight is 628 g/mol. The van der Waals surface area contributed by atoms with E-state index in [4.69, 9.17) is 9.47 Å². The Morgan fingerprint density at radius 1 is 0.809 bits per heavy atom. The number of hydrogen-bond acceptors (Lipinski definition) is 6. The fraction of sp³-hybridized carbons (Fsp3) is 0.250. The van der Waals surface area contributed by atoms with Crippen LogP contribution in [0.15, 0.2) is 128 Å². The molecule has 1 aromatic heterocycles. The Hall–Kier alpha value is -4.66. The third-order valence-corrected chi connectivity index (χ3v) is 8.73. The van der Waals surface area contributed by atoms with Crippen molar-refractivity contribution in [2.24, 2.45) is 5.92 Å². The van der Waals surface area contributed by atoms with Gasteiger partial charge in [-0.15, -0.1) is 0 Å². The molecule has 4 atom stereocenters. The van der Waals surface area contributed by atoms with Gasteiger partial charge in [0, 0.05) is 43.5 Å². The molecule has 1 amide bonds. The van der Waals surface area contributed by atoms with Crippen molar-refractivity contribution in [3.8, 4) is 11.1 Å². The number of benzene rings is 4. The van der Waals surface area contributed by atoms with Crippen LogP contribution in [0.1, 0.15) is 57.5 Å². The molecule has 240 valence electrons. The Labute approximate surface area is 276 Å². The van der Waals surface area contributed by atoms with Crippen LogP contribution in [-0.4, -0.2) is 40.6 Å². The third kappa shape index (κ3) is 8.20. The molecule has 1 fully saturated rings. The van der Waals surface area contributed by atoms with Gasteiger partial charge in [0.05, 0.1) is 24.4 Å². The van der Waals surface area contributed by atoms with E-state index in [1.807, 2.05) is 30.3 Å². The minimum atomic E-state index is -0.535. The molecule has 0 aliphatic carbocycles.